The van der Waals surface area contributed by atoms with Gasteiger partial charge in [-0.25, -0.2) is 8.42 Å². The molecule has 1 aromatic heterocycles. The zero-order valence-corrected chi connectivity index (χ0v) is 10.9. The Balaban J connectivity index is 1.93. The highest BCUT2D eigenvalue weighted by Crippen LogP contribution is 2.04. The van der Waals surface area contributed by atoms with Crippen molar-refractivity contribution < 1.29 is 8.42 Å². The third kappa shape index (κ3) is 3.33. The second kappa shape index (κ2) is 5.11. The Morgan fingerprint density at radius 2 is 1.83 bits per heavy atom. The number of nitrogens with zero attached hydrogens (tertiary/aromatic N) is 2. The molecule has 2 rings (SSSR count). The summed E-state index contributed by atoms with van der Waals surface area (Å²) in [5, 5.41) is 0. The molecule has 0 atom stereocenters. The van der Waals surface area contributed by atoms with Gasteiger partial charge in [-0.05, 0) is 6.07 Å². The predicted octanol–water partition coefficient (Wildman–Crippen LogP) is -0.839. The molecule has 0 aliphatic carbocycles. The molecule has 0 radical (unpaired) electrons. The molecule has 1 aromatic rings. The Morgan fingerprint density at radius 1 is 1.17 bits per heavy atom. The number of anilines is 1. The second-order valence-electron chi connectivity index (χ2n) is 4.49. The fraction of sp³-hybridized carbons (Fsp3) is 0.545. The Hall–Kier alpha value is -1.34. The van der Waals surface area contributed by atoms with Gasteiger partial charge in [0.25, 0.3) is 5.56 Å². The van der Waals surface area contributed by atoms with Crippen molar-refractivity contribution in [2.45, 2.75) is 6.54 Å². The van der Waals surface area contributed by atoms with Crippen molar-refractivity contribution in [1.82, 2.24) is 9.47 Å². The molecule has 7 heteroatoms. The van der Waals surface area contributed by atoms with Crippen molar-refractivity contribution >= 4 is 15.5 Å². The minimum atomic E-state index is -2.84. The van der Waals surface area contributed by atoms with E-state index < -0.39 is 9.84 Å². The van der Waals surface area contributed by atoms with E-state index in [1.807, 2.05) is 0 Å². The van der Waals surface area contributed by atoms with Gasteiger partial charge in [0, 0.05) is 44.1 Å². The van der Waals surface area contributed by atoms with Gasteiger partial charge in [0.1, 0.15) is 0 Å². The van der Waals surface area contributed by atoms with E-state index in [0.717, 1.165) is 0 Å². The quantitative estimate of drug-likeness (QED) is 0.775. The van der Waals surface area contributed by atoms with E-state index in [1.165, 1.54) is 6.07 Å². The highest BCUT2D eigenvalue weighted by Gasteiger charge is 2.20. The lowest BCUT2D eigenvalue weighted by atomic mass is 10.4. The lowest BCUT2D eigenvalue weighted by Gasteiger charge is -2.26. The van der Waals surface area contributed by atoms with Gasteiger partial charge in [0.05, 0.1) is 11.5 Å². The molecule has 0 spiro atoms. The number of hydrogen-bond acceptors (Lipinski definition) is 5. The number of sulfone groups is 1. The monoisotopic (exact) mass is 271 g/mol. The zero-order chi connectivity index (χ0) is 13.2. The first-order valence-corrected chi connectivity index (χ1v) is 7.67. The first-order chi connectivity index (χ1) is 8.46. The first kappa shape index (κ1) is 13.1. The Bertz CT molecular complexity index is 565. The summed E-state index contributed by atoms with van der Waals surface area (Å²) in [6.45, 7) is 2.28. The van der Waals surface area contributed by atoms with Crippen LogP contribution in [-0.2, 0) is 16.4 Å². The molecule has 6 nitrogen and oxygen atoms in total. The van der Waals surface area contributed by atoms with Crippen molar-refractivity contribution in [3.05, 3.63) is 28.7 Å². The van der Waals surface area contributed by atoms with Crippen molar-refractivity contribution in [2.75, 3.05) is 36.9 Å². The summed E-state index contributed by atoms with van der Waals surface area (Å²) in [7, 11) is -2.84. The number of pyridine rings is 1. The van der Waals surface area contributed by atoms with E-state index in [1.54, 1.807) is 16.8 Å². The maximum absolute atomic E-state index is 11.5. The molecular formula is C11H17N3O3S. The van der Waals surface area contributed by atoms with Crippen LogP contribution in [0.4, 0.5) is 5.69 Å². The van der Waals surface area contributed by atoms with E-state index >= 15 is 0 Å². The molecule has 18 heavy (non-hydrogen) atoms. The summed E-state index contributed by atoms with van der Waals surface area (Å²) >= 11 is 0. The summed E-state index contributed by atoms with van der Waals surface area (Å²) in [6, 6.07) is 3.02. The predicted molar refractivity (Wildman–Crippen MR) is 70.2 cm³/mol. The zero-order valence-electron chi connectivity index (χ0n) is 10.1. The number of nitrogen functional groups attached to an aromatic ring is 1. The van der Waals surface area contributed by atoms with Crippen LogP contribution in [0, 0.1) is 0 Å². The number of hydrogen-bond donors (Lipinski definition) is 1. The molecule has 0 aromatic carbocycles. The highest BCUT2D eigenvalue weighted by molar-refractivity contribution is 7.91. The molecule has 100 valence electrons. The average molecular weight is 271 g/mol. The van der Waals surface area contributed by atoms with E-state index in [2.05, 4.69) is 4.90 Å². The van der Waals surface area contributed by atoms with Crippen LogP contribution in [0.15, 0.2) is 23.1 Å². The fourth-order valence-electron chi connectivity index (χ4n) is 1.95. The molecule has 0 amide bonds. The number of aromatic nitrogens is 1. The van der Waals surface area contributed by atoms with Gasteiger partial charge in [0.15, 0.2) is 9.84 Å². The van der Waals surface area contributed by atoms with E-state index in [4.69, 9.17) is 5.73 Å². The van der Waals surface area contributed by atoms with Crippen molar-refractivity contribution in [2.24, 2.45) is 0 Å². The standard InChI is InChI=1S/C11H17N3O3S/c12-10-1-2-11(15)14(9-10)4-3-13-5-7-18(16,17)8-6-13/h1-2,9H,3-8,12H2. The molecule has 0 unspecified atom stereocenters. The lowest BCUT2D eigenvalue weighted by Crippen LogP contribution is -2.42. The van der Waals surface area contributed by atoms with Crippen LogP contribution in [0.25, 0.3) is 0 Å². The summed E-state index contributed by atoms with van der Waals surface area (Å²) in [5.41, 5.74) is 6.08. The fourth-order valence-corrected chi connectivity index (χ4v) is 3.22. The van der Waals surface area contributed by atoms with Gasteiger partial charge >= 0.3 is 0 Å². The van der Waals surface area contributed by atoms with Crippen LogP contribution in [0.3, 0.4) is 0 Å². The molecule has 1 saturated heterocycles. The minimum Gasteiger partial charge on any atom is -0.398 e. The normalized spacial score (nSPS) is 19.8. The maximum Gasteiger partial charge on any atom is 0.250 e. The largest absolute Gasteiger partial charge is 0.398 e. The number of rotatable bonds is 3. The SMILES string of the molecule is Nc1ccc(=O)n(CCN2CCS(=O)(=O)CC2)c1. The molecule has 1 fully saturated rings. The molecule has 2 heterocycles. The molecule has 0 saturated carbocycles. The van der Waals surface area contributed by atoms with Crippen LogP contribution in [0.1, 0.15) is 0 Å². The molecular weight excluding hydrogens is 254 g/mol. The number of nitrogens with two attached hydrogens (primary N) is 1. The van der Waals surface area contributed by atoms with Gasteiger partial charge in [-0.15, -0.1) is 0 Å². The molecule has 0 bridgehead atoms. The van der Waals surface area contributed by atoms with Crippen molar-refractivity contribution in [1.29, 1.82) is 0 Å². The van der Waals surface area contributed by atoms with Gasteiger partial charge in [-0.1, -0.05) is 0 Å². The topological polar surface area (TPSA) is 85.4 Å². The minimum absolute atomic E-state index is 0.0890. The first-order valence-electron chi connectivity index (χ1n) is 5.85. The summed E-state index contributed by atoms with van der Waals surface area (Å²) in [4.78, 5) is 13.6. The van der Waals surface area contributed by atoms with E-state index in [0.29, 0.717) is 31.9 Å². The van der Waals surface area contributed by atoms with Gasteiger partial charge in [0.2, 0.25) is 0 Å². The lowest BCUT2D eigenvalue weighted by molar-refractivity contribution is 0.282. The Labute approximate surface area is 106 Å². The van der Waals surface area contributed by atoms with Crippen LogP contribution < -0.4 is 11.3 Å². The van der Waals surface area contributed by atoms with Crippen molar-refractivity contribution in [3.63, 3.8) is 0 Å². The smallest absolute Gasteiger partial charge is 0.250 e. The summed E-state index contributed by atoms with van der Waals surface area (Å²) in [6.07, 6.45) is 1.61. The third-order valence-electron chi connectivity index (χ3n) is 3.10. The van der Waals surface area contributed by atoms with Gasteiger partial charge in [-0.2, -0.15) is 0 Å². The maximum atomic E-state index is 11.5. The van der Waals surface area contributed by atoms with E-state index in [9.17, 15) is 13.2 Å². The summed E-state index contributed by atoms with van der Waals surface area (Å²) < 4.78 is 24.1. The molecule has 2 N–H and O–H groups in total. The van der Waals surface area contributed by atoms with Crippen LogP contribution in [0.2, 0.25) is 0 Å². The van der Waals surface area contributed by atoms with Crippen molar-refractivity contribution in [3.8, 4) is 0 Å². The Morgan fingerprint density at radius 3 is 2.50 bits per heavy atom. The molecule has 1 aliphatic rings. The van der Waals surface area contributed by atoms with Gasteiger partial charge < -0.3 is 10.3 Å². The third-order valence-corrected chi connectivity index (χ3v) is 4.71. The van der Waals surface area contributed by atoms with E-state index in [-0.39, 0.29) is 17.1 Å². The van der Waals surface area contributed by atoms with Gasteiger partial charge in [-0.3, -0.25) is 9.69 Å². The Kier molecular flexibility index (Phi) is 3.72. The average Bonchev–Trinajstić information content (AvgIpc) is 2.32. The van der Waals surface area contributed by atoms with Crippen LogP contribution in [0.5, 0.6) is 0 Å². The van der Waals surface area contributed by atoms with Crippen LogP contribution in [-0.4, -0.2) is 49.0 Å². The second-order valence-corrected chi connectivity index (χ2v) is 6.79. The van der Waals surface area contributed by atoms with Crippen LogP contribution >= 0.6 is 0 Å². The highest BCUT2D eigenvalue weighted by atomic mass is 32.2. The summed E-state index contributed by atoms with van der Waals surface area (Å²) in [5.74, 6) is 0.414. The molecule has 1 aliphatic heterocycles.